The molecule has 0 unspecified atom stereocenters. The smallest absolute Gasteiger partial charge is 0.337 e. The third-order valence-corrected chi connectivity index (χ3v) is 3.94. The molecule has 0 spiro atoms. The van der Waals surface area contributed by atoms with Crippen molar-refractivity contribution in [3.8, 4) is 0 Å². The first-order valence-corrected chi connectivity index (χ1v) is 8.51. The molecule has 0 saturated carbocycles. The van der Waals surface area contributed by atoms with Gasteiger partial charge in [0, 0.05) is 15.6 Å². The Morgan fingerprint density at radius 3 is 2.48 bits per heavy atom. The molecule has 1 amide bonds. The highest BCUT2D eigenvalue weighted by Crippen LogP contribution is 2.21. The molecule has 0 radical (unpaired) electrons. The van der Waals surface area contributed by atoms with Crippen molar-refractivity contribution < 1.29 is 14.7 Å². The summed E-state index contributed by atoms with van der Waals surface area (Å²) in [5.74, 6) is -1.55. The maximum Gasteiger partial charge on any atom is 0.337 e. The standard InChI is InChI=1S/C17H12BrClN2O3S/c18-11-4-7-14(13(9-11)16(23)24)20-17(25)21-15(22)8-3-10-1-5-12(19)6-2-10/h1-9H,(H,23,24)(H2,20,21,22,25)/b8-3+. The number of amides is 1. The van der Waals surface area contributed by atoms with Crippen molar-refractivity contribution >= 4 is 68.5 Å². The summed E-state index contributed by atoms with van der Waals surface area (Å²) in [7, 11) is 0. The van der Waals surface area contributed by atoms with Crippen LogP contribution in [0.1, 0.15) is 15.9 Å². The van der Waals surface area contributed by atoms with Crippen LogP contribution in [0.5, 0.6) is 0 Å². The Morgan fingerprint density at radius 2 is 1.84 bits per heavy atom. The first-order valence-electron chi connectivity index (χ1n) is 6.93. The number of hydrogen-bond donors (Lipinski definition) is 3. The fourth-order valence-electron chi connectivity index (χ4n) is 1.86. The lowest BCUT2D eigenvalue weighted by Crippen LogP contribution is -2.33. The Balaban J connectivity index is 1.99. The van der Waals surface area contributed by atoms with Gasteiger partial charge in [0.1, 0.15) is 0 Å². The Morgan fingerprint density at radius 1 is 1.16 bits per heavy atom. The van der Waals surface area contributed by atoms with Crippen LogP contribution in [-0.2, 0) is 4.79 Å². The molecule has 0 aromatic heterocycles. The van der Waals surface area contributed by atoms with E-state index < -0.39 is 11.9 Å². The van der Waals surface area contributed by atoms with Crippen molar-refractivity contribution in [2.75, 3.05) is 5.32 Å². The van der Waals surface area contributed by atoms with E-state index in [-0.39, 0.29) is 16.4 Å². The number of carboxylic acid groups (broad SMARTS) is 1. The van der Waals surface area contributed by atoms with Gasteiger partial charge in [-0.3, -0.25) is 10.1 Å². The maximum atomic E-state index is 11.9. The summed E-state index contributed by atoms with van der Waals surface area (Å²) in [6.07, 6.45) is 2.92. The molecule has 0 bridgehead atoms. The topological polar surface area (TPSA) is 78.4 Å². The van der Waals surface area contributed by atoms with Gasteiger partial charge in [0.2, 0.25) is 5.91 Å². The number of carboxylic acids is 1. The monoisotopic (exact) mass is 438 g/mol. The van der Waals surface area contributed by atoms with E-state index in [0.717, 1.165) is 5.56 Å². The van der Waals surface area contributed by atoms with Gasteiger partial charge in [0.05, 0.1) is 11.3 Å². The molecule has 0 fully saturated rings. The quantitative estimate of drug-likeness (QED) is 0.488. The number of thiocarbonyl (C=S) groups is 1. The third kappa shape index (κ3) is 5.97. The van der Waals surface area contributed by atoms with Gasteiger partial charge in [-0.05, 0) is 54.2 Å². The van der Waals surface area contributed by atoms with Gasteiger partial charge in [-0.15, -0.1) is 0 Å². The number of halogens is 2. The molecule has 2 aromatic rings. The lowest BCUT2D eigenvalue weighted by molar-refractivity contribution is -0.115. The molecule has 0 saturated heterocycles. The fraction of sp³-hybridized carbons (Fsp3) is 0. The minimum absolute atomic E-state index is 0.00409. The molecule has 0 heterocycles. The van der Waals surface area contributed by atoms with Crippen LogP contribution in [0.4, 0.5) is 5.69 Å². The first-order chi connectivity index (χ1) is 11.8. The second kappa shape index (κ2) is 8.75. The largest absolute Gasteiger partial charge is 0.478 e. The van der Waals surface area contributed by atoms with E-state index >= 15 is 0 Å². The van der Waals surface area contributed by atoms with Crippen molar-refractivity contribution in [2.24, 2.45) is 0 Å². The van der Waals surface area contributed by atoms with Gasteiger partial charge < -0.3 is 10.4 Å². The van der Waals surface area contributed by atoms with Crippen molar-refractivity contribution in [2.45, 2.75) is 0 Å². The Hall–Kier alpha value is -2.22. The van der Waals surface area contributed by atoms with E-state index in [9.17, 15) is 14.7 Å². The van der Waals surface area contributed by atoms with Crippen LogP contribution in [0, 0.1) is 0 Å². The van der Waals surface area contributed by atoms with Crippen LogP contribution >= 0.6 is 39.7 Å². The van der Waals surface area contributed by atoms with E-state index in [4.69, 9.17) is 23.8 Å². The highest BCUT2D eigenvalue weighted by molar-refractivity contribution is 9.10. The predicted octanol–water partition coefficient (Wildman–Crippen LogP) is 4.33. The molecule has 8 heteroatoms. The first kappa shape index (κ1) is 19.1. The number of hydrogen-bond acceptors (Lipinski definition) is 3. The Bertz CT molecular complexity index is 853. The van der Waals surface area contributed by atoms with Gasteiger partial charge in [-0.2, -0.15) is 0 Å². The maximum absolute atomic E-state index is 11.9. The zero-order chi connectivity index (χ0) is 18.4. The molecule has 0 aliphatic rings. The molecular formula is C17H12BrClN2O3S. The van der Waals surface area contributed by atoms with Gasteiger partial charge >= 0.3 is 5.97 Å². The normalized spacial score (nSPS) is 10.5. The number of carbonyl (C=O) groups excluding carboxylic acids is 1. The molecule has 0 aliphatic carbocycles. The number of rotatable bonds is 4. The lowest BCUT2D eigenvalue weighted by atomic mass is 10.2. The van der Waals surface area contributed by atoms with E-state index in [1.165, 1.54) is 12.1 Å². The van der Waals surface area contributed by atoms with Crippen LogP contribution in [0.2, 0.25) is 5.02 Å². The van der Waals surface area contributed by atoms with Crippen LogP contribution < -0.4 is 10.6 Å². The molecular weight excluding hydrogens is 428 g/mol. The van der Waals surface area contributed by atoms with Gasteiger partial charge in [0.15, 0.2) is 5.11 Å². The van der Waals surface area contributed by atoms with Gasteiger partial charge in [-0.25, -0.2) is 4.79 Å². The lowest BCUT2D eigenvalue weighted by Gasteiger charge is -2.11. The summed E-state index contributed by atoms with van der Waals surface area (Å²) in [5.41, 5.74) is 1.12. The summed E-state index contributed by atoms with van der Waals surface area (Å²) >= 11 is 14.0. The molecule has 5 nitrogen and oxygen atoms in total. The molecule has 25 heavy (non-hydrogen) atoms. The van der Waals surface area contributed by atoms with Crippen molar-refractivity contribution in [1.29, 1.82) is 0 Å². The molecule has 3 N–H and O–H groups in total. The zero-order valence-corrected chi connectivity index (χ0v) is 15.8. The summed E-state index contributed by atoms with van der Waals surface area (Å²) in [5, 5.41) is 15.0. The molecule has 128 valence electrons. The number of aromatic carboxylic acids is 1. The molecule has 2 aromatic carbocycles. The van der Waals surface area contributed by atoms with E-state index in [2.05, 4.69) is 26.6 Å². The minimum Gasteiger partial charge on any atom is -0.478 e. The SMILES string of the molecule is O=C(/C=C/c1ccc(Cl)cc1)NC(=S)Nc1ccc(Br)cc1C(=O)O. The van der Waals surface area contributed by atoms with Crippen molar-refractivity contribution in [3.05, 3.63) is 69.2 Å². The summed E-state index contributed by atoms with van der Waals surface area (Å²) in [6, 6.07) is 11.6. The molecule has 0 aliphatic heterocycles. The van der Waals surface area contributed by atoms with E-state index in [0.29, 0.717) is 9.50 Å². The van der Waals surface area contributed by atoms with E-state index in [1.54, 1.807) is 42.5 Å². The minimum atomic E-state index is -1.11. The average Bonchev–Trinajstić information content (AvgIpc) is 2.55. The highest BCUT2D eigenvalue weighted by Gasteiger charge is 2.12. The van der Waals surface area contributed by atoms with Crippen LogP contribution in [0.25, 0.3) is 6.08 Å². The highest BCUT2D eigenvalue weighted by atomic mass is 79.9. The van der Waals surface area contributed by atoms with Crippen LogP contribution in [0.15, 0.2) is 53.0 Å². The summed E-state index contributed by atoms with van der Waals surface area (Å²) in [4.78, 5) is 23.1. The Kier molecular flexibility index (Phi) is 6.69. The molecule has 0 atom stereocenters. The van der Waals surface area contributed by atoms with E-state index in [1.807, 2.05) is 0 Å². The fourth-order valence-corrected chi connectivity index (χ4v) is 2.55. The predicted molar refractivity (Wildman–Crippen MR) is 106 cm³/mol. The van der Waals surface area contributed by atoms with Crippen molar-refractivity contribution in [1.82, 2.24) is 5.32 Å². The van der Waals surface area contributed by atoms with Crippen LogP contribution in [0.3, 0.4) is 0 Å². The summed E-state index contributed by atoms with van der Waals surface area (Å²) < 4.78 is 0.622. The third-order valence-electron chi connectivity index (χ3n) is 2.99. The van der Waals surface area contributed by atoms with Crippen LogP contribution in [-0.4, -0.2) is 22.1 Å². The average molecular weight is 440 g/mol. The van der Waals surface area contributed by atoms with Gasteiger partial charge in [0.25, 0.3) is 0 Å². The number of benzene rings is 2. The number of anilines is 1. The Labute approximate surface area is 162 Å². The van der Waals surface area contributed by atoms with Gasteiger partial charge in [-0.1, -0.05) is 39.7 Å². The zero-order valence-electron chi connectivity index (χ0n) is 12.6. The molecule has 2 rings (SSSR count). The second-order valence-electron chi connectivity index (χ2n) is 4.82. The number of nitrogens with one attached hydrogen (secondary N) is 2. The summed E-state index contributed by atoms with van der Waals surface area (Å²) in [6.45, 7) is 0. The number of carbonyl (C=O) groups is 2. The second-order valence-corrected chi connectivity index (χ2v) is 6.58. The van der Waals surface area contributed by atoms with Crippen molar-refractivity contribution in [3.63, 3.8) is 0 Å².